The Bertz CT molecular complexity index is 641. The second-order valence-electron chi connectivity index (χ2n) is 5.71. The number of pyridine rings is 1. The number of methoxy groups -OCH3 is 2. The van der Waals surface area contributed by atoms with Gasteiger partial charge in [0.2, 0.25) is 5.88 Å². The summed E-state index contributed by atoms with van der Waals surface area (Å²) in [7, 11) is 5.37. The second-order valence-corrected chi connectivity index (χ2v) is 5.71. The quantitative estimate of drug-likeness (QED) is 0.839. The van der Waals surface area contributed by atoms with Crippen LogP contribution >= 0.6 is 0 Å². The first kappa shape index (κ1) is 15.0. The normalized spacial score (nSPS) is 18.2. The van der Waals surface area contributed by atoms with Crippen molar-refractivity contribution in [2.45, 2.75) is 19.0 Å². The van der Waals surface area contributed by atoms with E-state index in [0.29, 0.717) is 18.4 Å². The van der Waals surface area contributed by atoms with Crippen LogP contribution < -0.4 is 4.74 Å². The maximum Gasteiger partial charge on any atom is 0.217 e. The van der Waals surface area contributed by atoms with Gasteiger partial charge in [-0.3, -0.25) is 9.58 Å². The Morgan fingerprint density at radius 2 is 2.23 bits per heavy atom. The van der Waals surface area contributed by atoms with Crippen molar-refractivity contribution in [3.05, 3.63) is 41.3 Å². The van der Waals surface area contributed by atoms with Gasteiger partial charge in [-0.05, 0) is 6.07 Å². The molecule has 0 saturated carbocycles. The topological polar surface area (TPSA) is 52.4 Å². The summed E-state index contributed by atoms with van der Waals surface area (Å²) in [6.07, 6.45) is 3.86. The predicted molar refractivity (Wildman–Crippen MR) is 82.7 cm³/mol. The van der Waals surface area contributed by atoms with E-state index in [1.54, 1.807) is 20.4 Å². The molecular weight excluding hydrogens is 280 g/mol. The van der Waals surface area contributed by atoms with Crippen molar-refractivity contribution in [1.82, 2.24) is 19.7 Å². The molecule has 0 unspecified atom stereocenters. The highest BCUT2D eigenvalue weighted by molar-refractivity contribution is 5.28. The summed E-state index contributed by atoms with van der Waals surface area (Å²) in [5, 5.41) is 4.60. The van der Waals surface area contributed by atoms with Crippen LogP contribution in [-0.2, 0) is 24.9 Å². The fourth-order valence-corrected chi connectivity index (χ4v) is 3.15. The molecular formula is C16H22N4O2. The zero-order valence-corrected chi connectivity index (χ0v) is 13.3. The molecule has 2 aromatic rings. The molecule has 1 atom stereocenters. The highest BCUT2D eigenvalue weighted by Gasteiger charge is 2.28. The van der Waals surface area contributed by atoms with E-state index in [1.807, 2.05) is 17.8 Å². The van der Waals surface area contributed by atoms with E-state index in [9.17, 15) is 0 Å². The van der Waals surface area contributed by atoms with Gasteiger partial charge in [0.1, 0.15) is 0 Å². The number of hydrogen-bond donors (Lipinski definition) is 0. The molecule has 0 N–H and O–H groups in total. The number of fused-ring (bicyclic) bond motifs is 1. The average Bonchev–Trinajstić information content (AvgIpc) is 2.89. The molecule has 0 aromatic carbocycles. The SMILES string of the molecule is COC[C@H]1CN(Cc2cccnc2OC)Cc2cn(C)nc21. The van der Waals surface area contributed by atoms with E-state index in [0.717, 1.165) is 25.2 Å². The van der Waals surface area contributed by atoms with Crippen LogP contribution in [0, 0.1) is 0 Å². The van der Waals surface area contributed by atoms with Crippen LogP contribution in [0.25, 0.3) is 0 Å². The van der Waals surface area contributed by atoms with Crippen LogP contribution in [-0.4, -0.2) is 47.0 Å². The molecule has 0 spiro atoms. The third kappa shape index (κ3) is 2.98. The zero-order valence-electron chi connectivity index (χ0n) is 13.3. The summed E-state index contributed by atoms with van der Waals surface area (Å²) in [4.78, 5) is 6.67. The lowest BCUT2D eigenvalue weighted by Gasteiger charge is -2.31. The Morgan fingerprint density at radius 1 is 1.36 bits per heavy atom. The predicted octanol–water partition coefficient (Wildman–Crippen LogP) is 1.57. The monoisotopic (exact) mass is 302 g/mol. The van der Waals surface area contributed by atoms with E-state index < -0.39 is 0 Å². The van der Waals surface area contributed by atoms with Crippen LogP contribution in [0.1, 0.15) is 22.7 Å². The van der Waals surface area contributed by atoms with Gasteiger partial charge >= 0.3 is 0 Å². The van der Waals surface area contributed by atoms with Gasteiger partial charge in [0.15, 0.2) is 0 Å². The van der Waals surface area contributed by atoms with E-state index in [1.165, 1.54) is 11.3 Å². The van der Waals surface area contributed by atoms with Crippen molar-refractivity contribution >= 4 is 0 Å². The highest BCUT2D eigenvalue weighted by atomic mass is 16.5. The van der Waals surface area contributed by atoms with Crippen LogP contribution in [0.4, 0.5) is 0 Å². The Kier molecular flexibility index (Phi) is 4.40. The maximum atomic E-state index is 5.38. The largest absolute Gasteiger partial charge is 0.481 e. The molecule has 6 heteroatoms. The number of aryl methyl sites for hydroxylation is 1. The molecule has 0 saturated heterocycles. The third-order valence-corrected chi connectivity index (χ3v) is 4.00. The Morgan fingerprint density at radius 3 is 3.00 bits per heavy atom. The maximum absolute atomic E-state index is 5.38. The van der Waals surface area contributed by atoms with Crippen LogP contribution in [0.3, 0.4) is 0 Å². The molecule has 1 aliphatic heterocycles. The van der Waals surface area contributed by atoms with Gasteiger partial charge in [-0.15, -0.1) is 0 Å². The molecule has 3 heterocycles. The smallest absolute Gasteiger partial charge is 0.217 e. The summed E-state index contributed by atoms with van der Waals surface area (Å²) in [5.41, 5.74) is 3.55. The van der Waals surface area contributed by atoms with Gasteiger partial charge < -0.3 is 9.47 Å². The minimum atomic E-state index is 0.303. The van der Waals surface area contributed by atoms with E-state index in [-0.39, 0.29) is 0 Å². The summed E-state index contributed by atoms with van der Waals surface area (Å²) < 4.78 is 12.6. The van der Waals surface area contributed by atoms with Gasteiger partial charge in [-0.25, -0.2) is 4.98 Å². The first-order valence-electron chi connectivity index (χ1n) is 7.43. The molecule has 0 bridgehead atoms. The molecule has 0 amide bonds. The van der Waals surface area contributed by atoms with Gasteiger partial charge in [-0.1, -0.05) is 6.07 Å². The lowest BCUT2D eigenvalue weighted by molar-refractivity contribution is 0.134. The zero-order chi connectivity index (χ0) is 15.5. The van der Waals surface area contributed by atoms with Crippen LogP contribution in [0.5, 0.6) is 5.88 Å². The van der Waals surface area contributed by atoms with Gasteiger partial charge in [0.05, 0.1) is 19.4 Å². The number of nitrogens with zero attached hydrogens (tertiary/aromatic N) is 4. The van der Waals surface area contributed by atoms with Gasteiger partial charge in [-0.2, -0.15) is 5.10 Å². The number of hydrogen-bond acceptors (Lipinski definition) is 5. The van der Waals surface area contributed by atoms with Crippen molar-refractivity contribution in [1.29, 1.82) is 0 Å². The molecule has 0 radical (unpaired) electrons. The summed E-state index contributed by atoms with van der Waals surface area (Å²) >= 11 is 0. The fourth-order valence-electron chi connectivity index (χ4n) is 3.15. The summed E-state index contributed by atoms with van der Waals surface area (Å²) in [6, 6.07) is 4.01. The molecule has 2 aromatic heterocycles. The first-order valence-corrected chi connectivity index (χ1v) is 7.43. The van der Waals surface area contributed by atoms with Crippen molar-refractivity contribution in [2.75, 3.05) is 27.4 Å². The van der Waals surface area contributed by atoms with Crippen molar-refractivity contribution < 1.29 is 9.47 Å². The standard InChI is InChI=1S/C16H22N4O2/c1-19-7-13-9-20(10-14(11-21-2)15(13)18-19)8-12-5-4-6-17-16(12)22-3/h4-7,14H,8-11H2,1-3H3/t14-/m1/s1. The van der Waals surface area contributed by atoms with Crippen LogP contribution in [0.2, 0.25) is 0 Å². The minimum Gasteiger partial charge on any atom is -0.481 e. The molecule has 0 fully saturated rings. The summed E-state index contributed by atoms with van der Waals surface area (Å²) in [5.74, 6) is 1.00. The van der Waals surface area contributed by atoms with E-state index in [2.05, 4.69) is 27.2 Å². The summed E-state index contributed by atoms with van der Waals surface area (Å²) in [6.45, 7) is 3.31. The van der Waals surface area contributed by atoms with Crippen molar-refractivity contribution in [2.24, 2.45) is 7.05 Å². The molecule has 3 rings (SSSR count). The number of aromatic nitrogens is 3. The molecule has 118 valence electrons. The first-order chi connectivity index (χ1) is 10.7. The average molecular weight is 302 g/mol. The second kappa shape index (κ2) is 6.46. The highest BCUT2D eigenvalue weighted by Crippen LogP contribution is 2.29. The van der Waals surface area contributed by atoms with Crippen LogP contribution in [0.15, 0.2) is 24.5 Å². The number of ether oxygens (including phenoxy) is 2. The molecule has 1 aliphatic rings. The molecule has 6 nitrogen and oxygen atoms in total. The Hall–Kier alpha value is -1.92. The number of rotatable bonds is 5. The fraction of sp³-hybridized carbons (Fsp3) is 0.500. The van der Waals surface area contributed by atoms with Gasteiger partial charge in [0, 0.05) is 63.2 Å². The van der Waals surface area contributed by atoms with Crippen molar-refractivity contribution in [3.63, 3.8) is 0 Å². The van der Waals surface area contributed by atoms with Crippen molar-refractivity contribution in [3.8, 4) is 5.88 Å². The van der Waals surface area contributed by atoms with E-state index >= 15 is 0 Å². The van der Waals surface area contributed by atoms with Gasteiger partial charge in [0.25, 0.3) is 0 Å². The molecule has 0 aliphatic carbocycles. The van der Waals surface area contributed by atoms with E-state index in [4.69, 9.17) is 9.47 Å². The lowest BCUT2D eigenvalue weighted by atomic mass is 9.97. The molecule has 22 heavy (non-hydrogen) atoms. The third-order valence-electron chi connectivity index (χ3n) is 4.00. The minimum absolute atomic E-state index is 0.303. The Balaban J connectivity index is 1.81. The Labute approximate surface area is 130 Å². The lowest BCUT2D eigenvalue weighted by Crippen LogP contribution is -2.34.